The van der Waals surface area contributed by atoms with Crippen molar-refractivity contribution in [2.24, 2.45) is 0 Å². The zero-order valence-corrected chi connectivity index (χ0v) is 12.2. The van der Waals surface area contributed by atoms with E-state index in [0.29, 0.717) is 5.56 Å². The van der Waals surface area contributed by atoms with E-state index in [9.17, 15) is 24.9 Å². The zero-order chi connectivity index (χ0) is 16.8. The maximum Gasteiger partial charge on any atom is 0.339 e. The first-order valence-corrected chi connectivity index (χ1v) is 6.87. The second-order valence-electron chi connectivity index (χ2n) is 5.63. The molecule has 7 heteroatoms. The van der Waals surface area contributed by atoms with Crippen molar-refractivity contribution < 1.29 is 29.3 Å². The lowest BCUT2D eigenvalue weighted by atomic mass is 9.92. The molecule has 3 rings (SSSR count). The SMILES string of the molecule is CC1(O)CC(=O)c2c(Cc3cc(O)cc(=O)o3)cc(O)cc2O1. The Hall–Kier alpha value is -2.80. The molecule has 0 saturated heterocycles. The summed E-state index contributed by atoms with van der Waals surface area (Å²) in [7, 11) is 0. The van der Waals surface area contributed by atoms with Gasteiger partial charge in [-0.25, -0.2) is 4.79 Å². The lowest BCUT2D eigenvalue weighted by Gasteiger charge is -2.31. The Balaban J connectivity index is 2.08. The van der Waals surface area contributed by atoms with E-state index in [0.717, 1.165) is 6.07 Å². The van der Waals surface area contributed by atoms with Crippen LogP contribution in [0.25, 0.3) is 0 Å². The summed E-state index contributed by atoms with van der Waals surface area (Å²) in [6.07, 6.45) is -0.237. The van der Waals surface area contributed by atoms with Gasteiger partial charge in [0.2, 0.25) is 5.79 Å². The summed E-state index contributed by atoms with van der Waals surface area (Å²) in [6, 6.07) is 4.77. The molecule has 3 N–H and O–H groups in total. The van der Waals surface area contributed by atoms with Crippen LogP contribution < -0.4 is 10.4 Å². The van der Waals surface area contributed by atoms with Crippen molar-refractivity contribution in [3.05, 3.63) is 51.6 Å². The number of carbonyl (C=O) groups is 1. The Labute approximate surface area is 130 Å². The number of rotatable bonds is 2. The number of carbonyl (C=O) groups excluding carboxylic acids is 1. The molecule has 1 unspecified atom stereocenters. The first-order valence-electron chi connectivity index (χ1n) is 6.87. The first kappa shape index (κ1) is 15.1. The predicted octanol–water partition coefficient (Wildman–Crippen LogP) is 1.32. The molecule has 0 radical (unpaired) electrons. The molecular formula is C16H14O7. The quantitative estimate of drug-likeness (QED) is 0.764. The third-order valence-electron chi connectivity index (χ3n) is 3.44. The van der Waals surface area contributed by atoms with E-state index < -0.39 is 11.4 Å². The van der Waals surface area contributed by atoms with Gasteiger partial charge in [0.25, 0.3) is 0 Å². The minimum absolute atomic E-state index is 0.00236. The highest BCUT2D eigenvalue weighted by Gasteiger charge is 2.36. The van der Waals surface area contributed by atoms with E-state index in [2.05, 4.69) is 0 Å². The molecular weight excluding hydrogens is 304 g/mol. The van der Waals surface area contributed by atoms with Gasteiger partial charge in [0.05, 0.1) is 18.1 Å². The molecule has 2 aromatic rings. The number of aromatic hydroxyl groups is 2. The first-order chi connectivity index (χ1) is 10.7. The van der Waals surface area contributed by atoms with Crippen LogP contribution in [0.5, 0.6) is 17.2 Å². The van der Waals surface area contributed by atoms with E-state index in [1.807, 2.05) is 0 Å². The molecule has 1 atom stereocenters. The van der Waals surface area contributed by atoms with Crippen molar-refractivity contribution in [1.82, 2.24) is 0 Å². The molecule has 0 spiro atoms. The number of ether oxygens (including phenoxy) is 1. The Bertz CT molecular complexity index is 848. The number of hydrogen-bond donors (Lipinski definition) is 3. The number of phenols is 1. The van der Waals surface area contributed by atoms with Crippen LogP contribution in [-0.2, 0) is 6.42 Å². The summed E-state index contributed by atoms with van der Waals surface area (Å²) >= 11 is 0. The summed E-state index contributed by atoms with van der Waals surface area (Å²) < 4.78 is 10.3. The second-order valence-corrected chi connectivity index (χ2v) is 5.63. The molecule has 120 valence electrons. The highest BCUT2D eigenvalue weighted by Crippen LogP contribution is 2.37. The standard InChI is InChI=1S/C16H14O7/c1-16(21)7-12(19)15-8(2-9(17)5-13(15)23-16)3-11-4-10(18)6-14(20)22-11/h2,4-6,17-18,21H,3,7H2,1H3. The molecule has 1 aromatic heterocycles. The summed E-state index contributed by atoms with van der Waals surface area (Å²) in [4.78, 5) is 23.6. The van der Waals surface area contributed by atoms with Crippen molar-refractivity contribution in [2.75, 3.05) is 0 Å². The fourth-order valence-corrected chi connectivity index (χ4v) is 2.64. The Morgan fingerprint density at radius 2 is 1.83 bits per heavy atom. The molecule has 1 aromatic carbocycles. The van der Waals surface area contributed by atoms with Crippen LogP contribution in [0.4, 0.5) is 0 Å². The van der Waals surface area contributed by atoms with Gasteiger partial charge in [0, 0.05) is 25.5 Å². The van der Waals surface area contributed by atoms with Gasteiger partial charge >= 0.3 is 5.63 Å². The van der Waals surface area contributed by atoms with Gasteiger partial charge in [0.15, 0.2) is 5.78 Å². The minimum Gasteiger partial charge on any atom is -0.508 e. The lowest BCUT2D eigenvalue weighted by Crippen LogP contribution is -2.39. The Morgan fingerprint density at radius 3 is 2.52 bits per heavy atom. The summed E-state index contributed by atoms with van der Waals surface area (Å²) in [5, 5.41) is 29.2. The predicted molar refractivity (Wildman–Crippen MR) is 77.8 cm³/mol. The van der Waals surface area contributed by atoms with Crippen LogP contribution in [-0.4, -0.2) is 26.9 Å². The minimum atomic E-state index is -1.65. The summed E-state index contributed by atoms with van der Waals surface area (Å²) in [5.74, 6) is -2.22. The number of Topliss-reactive ketones (excluding diaryl/α,β-unsaturated/α-hetero) is 1. The van der Waals surface area contributed by atoms with Crippen molar-refractivity contribution in [2.45, 2.75) is 25.6 Å². The smallest absolute Gasteiger partial charge is 0.339 e. The molecule has 1 aliphatic rings. The van der Waals surface area contributed by atoms with E-state index in [1.165, 1.54) is 25.1 Å². The van der Waals surface area contributed by atoms with Crippen molar-refractivity contribution in [3.63, 3.8) is 0 Å². The van der Waals surface area contributed by atoms with Gasteiger partial charge < -0.3 is 24.5 Å². The van der Waals surface area contributed by atoms with Gasteiger partial charge in [-0.3, -0.25) is 4.79 Å². The Morgan fingerprint density at radius 1 is 1.13 bits per heavy atom. The van der Waals surface area contributed by atoms with Gasteiger partial charge in [-0.05, 0) is 11.6 Å². The number of benzene rings is 1. The van der Waals surface area contributed by atoms with Gasteiger partial charge in [-0.1, -0.05) is 0 Å². The fraction of sp³-hybridized carbons (Fsp3) is 0.250. The molecule has 2 heterocycles. The molecule has 23 heavy (non-hydrogen) atoms. The van der Waals surface area contributed by atoms with Crippen LogP contribution in [0.2, 0.25) is 0 Å². The number of hydrogen-bond acceptors (Lipinski definition) is 7. The maximum absolute atomic E-state index is 12.3. The topological polar surface area (TPSA) is 117 Å². The summed E-state index contributed by atoms with van der Waals surface area (Å²) in [5.41, 5.74) is -0.144. The number of ketones is 1. The second kappa shape index (κ2) is 5.13. The summed E-state index contributed by atoms with van der Waals surface area (Å²) in [6.45, 7) is 1.35. The van der Waals surface area contributed by atoms with E-state index >= 15 is 0 Å². The lowest BCUT2D eigenvalue weighted by molar-refractivity contribution is -0.123. The average molecular weight is 318 g/mol. The highest BCUT2D eigenvalue weighted by molar-refractivity contribution is 6.01. The molecule has 0 aliphatic carbocycles. The van der Waals surface area contributed by atoms with Crippen LogP contribution in [0.1, 0.15) is 35.0 Å². The van der Waals surface area contributed by atoms with Crippen LogP contribution >= 0.6 is 0 Å². The zero-order valence-electron chi connectivity index (χ0n) is 12.2. The van der Waals surface area contributed by atoms with Gasteiger partial charge in [-0.2, -0.15) is 0 Å². The van der Waals surface area contributed by atoms with E-state index in [4.69, 9.17) is 9.15 Å². The third-order valence-corrected chi connectivity index (χ3v) is 3.44. The Kier molecular flexibility index (Phi) is 3.37. The van der Waals surface area contributed by atoms with Crippen LogP contribution in [0.3, 0.4) is 0 Å². The molecule has 0 fully saturated rings. The number of phenolic OH excluding ortho intramolecular Hbond substituents is 1. The highest BCUT2D eigenvalue weighted by atomic mass is 16.6. The monoisotopic (exact) mass is 318 g/mol. The largest absolute Gasteiger partial charge is 0.508 e. The maximum atomic E-state index is 12.3. The van der Waals surface area contributed by atoms with E-state index in [-0.39, 0.29) is 47.2 Å². The van der Waals surface area contributed by atoms with Crippen LogP contribution in [0, 0.1) is 0 Å². The molecule has 7 nitrogen and oxygen atoms in total. The van der Waals surface area contributed by atoms with Crippen molar-refractivity contribution in [1.29, 1.82) is 0 Å². The molecule has 0 bridgehead atoms. The van der Waals surface area contributed by atoms with Gasteiger partial charge in [-0.15, -0.1) is 0 Å². The third kappa shape index (κ3) is 3.04. The van der Waals surface area contributed by atoms with Crippen LogP contribution in [0.15, 0.2) is 33.5 Å². The fourth-order valence-electron chi connectivity index (χ4n) is 2.64. The number of aliphatic hydroxyl groups is 1. The van der Waals surface area contributed by atoms with E-state index in [1.54, 1.807) is 0 Å². The van der Waals surface area contributed by atoms with Crippen molar-refractivity contribution in [3.8, 4) is 17.2 Å². The molecule has 0 saturated carbocycles. The average Bonchev–Trinajstić information content (AvgIpc) is 2.33. The van der Waals surface area contributed by atoms with Crippen molar-refractivity contribution >= 4 is 5.78 Å². The molecule has 0 amide bonds. The number of fused-ring (bicyclic) bond motifs is 1. The van der Waals surface area contributed by atoms with Gasteiger partial charge in [0.1, 0.15) is 23.0 Å². The molecule has 1 aliphatic heterocycles. The normalized spacial score (nSPS) is 20.0.